The quantitative estimate of drug-likeness (QED) is 0.0934. The van der Waals surface area contributed by atoms with Gasteiger partial charge >= 0.3 is 6.18 Å². The molecule has 20 rings (SSSR count). The van der Waals surface area contributed by atoms with Crippen LogP contribution in [0, 0.1) is 22.7 Å². The standard InChI is InChI=1S/C99H57F3N16/c100-99(101,102)75-50-60(58-103)49-74(53-75)86-84(117-80-45-41-70(95-109-87(62-25-9-1-10-26-62)105-88(110-95)63-27-11-2-12-28-63)54-76(80)77-55-71(42-46-81(77)117)96-111-89(64-29-13-3-14-30-64)106-90(112-96)65-31-15-4-16-32-65)51-61(59-104)52-85(86)118-82-47-43-72(97-113-91(66-33-17-5-18-34-66)107-92(114-97)67-35-19-6-20-36-67)56-78(82)79-57-73(44-48-83(79)118)98-115-93(68-37-21-7-22-38-68)108-94(116-98)69-39-23-8-24-40-69/h1-57H. The van der Waals surface area contributed by atoms with Gasteiger partial charge in [-0.15, -0.1) is 0 Å². The van der Waals surface area contributed by atoms with Crippen molar-refractivity contribution in [2.75, 3.05) is 0 Å². The van der Waals surface area contributed by atoms with Gasteiger partial charge < -0.3 is 9.13 Å². The molecule has 0 radical (unpaired) electrons. The summed E-state index contributed by atoms with van der Waals surface area (Å²) in [5.74, 6) is 4.94. The molecule has 0 saturated carbocycles. The molecule has 0 atom stereocenters. The van der Waals surface area contributed by atoms with E-state index >= 15 is 13.2 Å². The number of benzene rings is 14. The molecule has 0 N–H and O–H groups in total. The molecule has 6 aromatic heterocycles. The topological polar surface area (TPSA) is 212 Å². The zero-order chi connectivity index (χ0) is 79.4. The second-order valence-electron chi connectivity index (χ2n) is 28.2. The summed E-state index contributed by atoms with van der Waals surface area (Å²) in [5, 5.41) is 25.4. The van der Waals surface area contributed by atoms with E-state index in [0.29, 0.717) is 136 Å². The van der Waals surface area contributed by atoms with Crippen molar-refractivity contribution in [1.29, 1.82) is 10.5 Å². The minimum atomic E-state index is -4.94. The van der Waals surface area contributed by atoms with Gasteiger partial charge in [-0.2, -0.15) is 23.7 Å². The van der Waals surface area contributed by atoms with Crippen molar-refractivity contribution < 1.29 is 13.2 Å². The number of alkyl halides is 3. The molecule has 0 bridgehead atoms. The van der Waals surface area contributed by atoms with Crippen molar-refractivity contribution in [3.63, 3.8) is 0 Å². The molecule has 554 valence electrons. The number of aromatic nitrogens is 14. The minimum Gasteiger partial charge on any atom is -0.308 e. The molecule has 19 heteroatoms. The number of hydrogen-bond donors (Lipinski definition) is 0. The number of fused-ring (bicyclic) bond motifs is 6. The molecule has 118 heavy (non-hydrogen) atoms. The van der Waals surface area contributed by atoms with E-state index in [-0.39, 0.29) is 33.6 Å². The first-order valence-corrected chi connectivity index (χ1v) is 37.8. The van der Waals surface area contributed by atoms with Gasteiger partial charge in [0.25, 0.3) is 0 Å². The second kappa shape index (κ2) is 29.5. The van der Waals surface area contributed by atoms with Crippen molar-refractivity contribution in [1.82, 2.24) is 68.9 Å². The van der Waals surface area contributed by atoms with Gasteiger partial charge in [-0.3, -0.25) is 0 Å². The lowest BCUT2D eigenvalue weighted by Gasteiger charge is -2.22. The van der Waals surface area contributed by atoms with Crippen LogP contribution in [0.2, 0.25) is 0 Å². The largest absolute Gasteiger partial charge is 0.416 e. The van der Waals surface area contributed by atoms with Crippen molar-refractivity contribution in [2.45, 2.75) is 6.18 Å². The lowest BCUT2D eigenvalue weighted by molar-refractivity contribution is -0.137. The molecule has 0 fully saturated rings. The molecule has 14 aromatic carbocycles. The van der Waals surface area contributed by atoms with E-state index in [1.54, 1.807) is 12.1 Å². The molecule has 20 aromatic rings. The van der Waals surface area contributed by atoms with Crippen LogP contribution in [-0.4, -0.2) is 68.9 Å². The average molecular weight is 1530 g/mol. The van der Waals surface area contributed by atoms with E-state index in [2.05, 4.69) is 12.1 Å². The van der Waals surface area contributed by atoms with Gasteiger partial charge in [0.05, 0.1) is 62.3 Å². The fourth-order valence-electron chi connectivity index (χ4n) is 15.2. The van der Waals surface area contributed by atoms with E-state index < -0.39 is 11.7 Å². The predicted octanol–water partition coefficient (Wildman–Crippen LogP) is 23.1. The van der Waals surface area contributed by atoms with Crippen LogP contribution in [0.4, 0.5) is 13.2 Å². The Kier molecular flexibility index (Phi) is 17.7. The van der Waals surface area contributed by atoms with Gasteiger partial charge in [0, 0.05) is 93.9 Å². The smallest absolute Gasteiger partial charge is 0.308 e. The van der Waals surface area contributed by atoms with Gasteiger partial charge in [0.1, 0.15) is 0 Å². The molecular formula is C99H57F3N16. The second-order valence-corrected chi connectivity index (χ2v) is 28.2. The normalized spacial score (nSPS) is 11.5. The Bertz CT molecular complexity index is 6420. The Balaban J connectivity index is 0.882. The zero-order valence-electron chi connectivity index (χ0n) is 62.2. The predicted molar refractivity (Wildman–Crippen MR) is 454 cm³/mol. The van der Waals surface area contributed by atoms with Crippen LogP contribution < -0.4 is 0 Å². The van der Waals surface area contributed by atoms with E-state index in [4.69, 9.17) is 59.8 Å². The summed E-state index contributed by atoms with van der Waals surface area (Å²) in [6, 6.07) is 112. The number of halogens is 3. The number of nitriles is 2. The van der Waals surface area contributed by atoms with E-state index in [1.807, 2.05) is 325 Å². The maximum atomic E-state index is 16.0. The maximum Gasteiger partial charge on any atom is 0.416 e. The van der Waals surface area contributed by atoms with Crippen LogP contribution in [0.1, 0.15) is 16.7 Å². The summed E-state index contributed by atoms with van der Waals surface area (Å²) < 4.78 is 51.8. The van der Waals surface area contributed by atoms with Crippen molar-refractivity contribution in [3.8, 4) is 171 Å². The lowest BCUT2D eigenvalue weighted by atomic mass is 9.94. The first-order chi connectivity index (χ1) is 58.0. The zero-order valence-corrected chi connectivity index (χ0v) is 62.2. The minimum absolute atomic E-state index is 0.0191. The van der Waals surface area contributed by atoms with Crippen molar-refractivity contribution in [3.05, 3.63) is 362 Å². The third kappa shape index (κ3) is 13.3. The Morgan fingerprint density at radius 1 is 0.212 bits per heavy atom. The fraction of sp³-hybridized carbons (Fsp3) is 0.0101. The molecule has 0 spiro atoms. The summed E-state index contributed by atoms with van der Waals surface area (Å²) in [7, 11) is 0. The molecule has 0 aliphatic carbocycles. The van der Waals surface area contributed by atoms with E-state index in [0.717, 1.165) is 56.6 Å². The molecule has 0 unspecified atom stereocenters. The van der Waals surface area contributed by atoms with Crippen molar-refractivity contribution in [2.24, 2.45) is 0 Å². The maximum absolute atomic E-state index is 16.0. The highest BCUT2D eigenvalue weighted by molar-refractivity contribution is 6.14. The summed E-state index contributed by atoms with van der Waals surface area (Å²) in [6.07, 6.45) is -4.94. The molecule has 0 saturated heterocycles. The molecular weight excluding hydrogens is 1470 g/mol. The number of rotatable bonds is 15. The highest BCUT2D eigenvalue weighted by Gasteiger charge is 2.34. The number of hydrogen-bond acceptors (Lipinski definition) is 14. The highest BCUT2D eigenvalue weighted by Crippen LogP contribution is 2.47. The molecule has 0 aliphatic rings. The van der Waals surface area contributed by atoms with Gasteiger partial charge in [-0.05, 0) is 109 Å². The van der Waals surface area contributed by atoms with Gasteiger partial charge in [-0.25, -0.2) is 59.8 Å². The first-order valence-electron chi connectivity index (χ1n) is 37.8. The number of nitrogens with zero attached hydrogens (tertiary/aromatic N) is 16. The van der Waals surface area contributed by atoms with Crippen LogP contribution >= 0.6 is 0 Å². The summed E-state index contributed by atoms with van der Waals surface area (Å²) in [5.41, 5.74) is 10.5. The molecule has 0 aliphatic heterocycles. The highest BCUT2D eigenvalue weighted by atomic mass is 19.4. The summed E-state index contributed by atoms with van der Waals surface area (Å²) >= 11 is 0. The average Bonchev–Trinajstić information content (AvgIpc) is 1.55. The monoisotopic (exact) mass is 1530 g/mol. The molecule has 16 nitrogen and oxygen atoms in total. The Hall–Kier alpha value is -16.5. The third-order valence-electron chi connectivity index (χ3n) is 20.7. The van der Waals surface area contributed by atoms with E-state index in [1.165, 1.54) is 6.07 Å². The summed E-state index contributed by atoms with van der Waals surface area (Å²) in [6.45, 7) is 0. The van der Waals surface area contributed by atoms with Gasteiger partial charge in [-0.1, -0.05) is 243 Å². The lowest BCUT2D eigenvalue weighted by Crippen LogP contribution is -2.08. The van der Waals surface area contributed by atoms with Gasteiger partial charge in [0.2, 0.25) is 0 Å². The van der Waals surface area contributed by atoms with E-state index in [9.17, 15) is 10.5 Å². The fourth-order valence-corrected chi connectivity index (χ4v) is 15.2. The van der Waals surface area contributed by atoms with Crippen LogP contribution in [0.15, 0.2) is 346 Å². The SMILES string of the molecule is N#Cc1cc(-c2c(-n3c4ccc(-c5nc(-c6ccccc6)nc(-c6ccccc6)n5)cc4c4cc(-c5nc(-c6ccccc6)nc(-c6ccccc6)n5)ccc43)cc(C#N)cc2-n2c3ccc(-c4nc(-c5ccccc5)nc(-c5ccccc5)n4)cc3c3cc(-c4nc(-c5ccccc5)nc(-c5ccccc5)n4)ccc32)cc(C(F)(F)F)c1. The molecule has 6 heterocycles. The van der Waals surface area contributed by atoms with Crippen LogP contribution in [0.3, 0.4) is 0 Å². The van der Waals surface area contributed by atoms with Crippen molar-refractivity contribution >= 4 is 43.6 Å². The Morgan fingerprint density at radius 2 is 0.415 bits per heavy atom. The van der Waals surface area contributed by atoms with Crippen LogP contribution in [0.5, 0.6) is 0 Å². The third-order valence-corrected chi connectivity index (χ3v) is 20.7. The summed E-state index contributed by atoms with van der Waals surface area (Å²) in [4.78, 5) is 61.6. The van der Waals surface area contributed by atoms with Gasteiger partial charge in [0.15, 0.2) is 69.9 Å². The first kappa shape index (κ1) is 70.6. The Labute approximate surface area is 672 Å². The Morgan fingerprint density at radius 3 is 0.619 bits per heavy atom. The molecule has 0 amide bonds. The van der Waals surface area contributed by atoms with Crippen LogP contribution in [0.25, 0.3) is 203 Å². The van der Waals surface area contributed by atoms with Crippen LogP contribution in [-0.2, 0) is 6.18 Å².